The second-order valence-corrected chi connectivity index (χ2v) is 11.7. The predicted molar refractivity (Wildman–Crippen MR) is 168 cm³/mol. The zero-order chi connectivity index (χ0) is 29.9. The number of hydrogen-bond acceptors (Lipinski definition) is 6. The van der Waals surface area contributed by atoms with E-state index in [1.807, 2.05) is 84.9 Å². The van der Waals surface area contributed by atoms with E-state index in [2.05, 4.69) is 56.1 Å². The molecule has 4 aromatic rings. The highest BCUT2D eigenvalue weighted by atomic mass is 79.9. The van der Waals surface area contributed by atoms with Crippen molar-refractivity contribution in [2.45, 2.75) is 57.1 Å². The van der Waals surface area contributed by atoms with E-state index in [0.717, 1.165) is 31.2 Å². The van der Waals surface area contributed by atoms with Gasteiger partial charge in [0.1, 0.15) is 24.4 Å². The maximum absolute atomic E-state index is 6.63. The smallest absolute Gasteiger partial charge is 0.186 e. The average molecular weight is 708 g/mol. The van der Waals surface area contributed by atoms with Crippen LogP contribution in [0, 0.1) is 24.3 Å². The Morgan fingerprint density at radius 3 is 1.98 bits per heavy atom. The van der Waals surface area contributed by atoms with Gasteiger partial charge in [-0.15, -0.1) is 0 Å². The summed E-state index contributed by atoms with van der Waals surface area (Å²) in [5.74, 6) is 0. The molecule has 0 spiro atoms. The second kappa shape index (κ2) is 16.4. The minimum absolute atomic E-state index is 0.246. The van der Waals surface area contributed by atoms with Crippen molar-refractivity contribution < 1.29 is 28.4 Å². The van der Waals surface area contributed by atoms with E-state index in [0.29, 0.717) is 19.8 Å². The third-order valence-corrected chi connectivity index (χ3v) is 8.17. The quantitative estimate of drug-likeness (QED) is 0.140. The third kappa shape index (κ3) is 9.12. The van der Waals surface area contributed by atoms with Crippen LogP contribution in [-0.2, 0) is 54.8 Å². The molecule has 5 atom stereocenters. The van der Waals surface area contributed by atoms with E-state index in [9.17, 15) is 0 Å². The van der Waals surface area contributed by atoms with Crippen molar-refractivity contribution in [3.63, 3.8) is 0 Å². The molecule has 2 unspecified atom stereocenters. The Labute approximate surface area is 270 Å². The normalized spacial score (nSPS) is 21.6. The summed E-state index contributed by atoms with van der Waals surface area (Å²) in [5, 5.41) is 0. The molecule has 0 N–H and O–H groups in total. The van der Waals surface area contributed by atoms with Gasteiger partial charge in [-0.05, 0) is 61.2 Å². The summed E-state index contributed by atoms with van der Waals surface area (Å²) in [4.78, 5) is 0. The lowest BCUT2D eigenvalue weighted by Crippen LogP contribution is -2.61. The van der Waals surface area contributed by atoms with Crippen LogP contribution in [0.1, 0.15) is 22.3 Å². The Kier molecular flexibility index (Phi) is 12.0. The minimum atomic E-state index is -0.725. The van der Waals surface area contributed by atoms with E-state index < -0.39 is 30.7 Å². The van der Waals surface area contributed by atoms with Gasteiger partial charge in [0.05, 0.1) is 37.5 Å². The first-order valence-electron chi connectivity index (χ1n) is 13.9. The second-order valence-electron chi connectivity index (χ2n) is 10.00. The average Bonchev–Trinajstić information content (AvgIpc) is 3.04. The van der Waals surface area contributed by atoms with Crippen molar-refractivity contribution in [2.24, 2.45) is 0 Å². The summed E-state index contributed by atoms with van der Waals surface area (Å²) >= 11 is 6.98. The summed E-state index contributed by atoms with van der Waals surface area (Å²) in [6.07, 6.45) is -2.89. The SMILES string of the molecule is CO[C@@H]1OC(COCc2c#cc(Br)cc2)[C@@H](OCc2ccccc2)[C@@H](OCc2ccccc2)C1OCc1cc#ccc1Br. The molecule has 0 bridgehead atoms. The van der Waals surface area contributed by atoms with E-state index in [1.54, 1.807) is 7.11 Å². The monoisotopic (exact) mass is 706 g/mol. The van der Waals surface area contributed by atoms with Crippen LogP contribution in [-0.4, -0.2) is 44.4 Å². The van der Waals surface area contributed by atoms with Gasteiger partial charge < -0.3 is 28.4 Å². The van der Waals surface area contributed by atoms with Crippen molar-refractivity contribution in [3.05, 3.63) is 140 Å². The molecule has 0 aliphatic carbocycles. The van der Waals surface area contributed by atoms with Crippen LogP contribution in [0.2, 0.25) is 0 Å². The van der Waals surface area contributed by atoms with Gasteiger partial charge in [-0.3, -0.25) is 0 Å². The van der Waals surface area contributed by atoms with Crippen LogP contribution < -0.4 is 0 Å². The van der Waals surface area contributed by atoms with Gasteiger partial charge in [0.25, 0.3) is 0 Å². The molecule has 1 saturated heterocycles. The van der Waals surface area contributed by atoms with Crippen molar-refractivity contribution in [1.29, 1.82) is 0 Å². The Morgan fingerprint density at radius 1 is 0.698 bits per heavy atom. The Morgan fingerprint density at radius 2 is 1.35 bits per heavy atom. The standard InChI is InChI=1S/C35H32Br2O6/c1-38-35-34(42-23-28-14-8-9-15-30(28)37)33(41-22-26-12-6-3-7-13-26)32(40-21-25-10-4-2-5-11-25)31(43-35)24-39-20-27-16-18-29(36)19-17-27/h2-7,10-16,18,31-35H,20-24H2,1H3/t31?,32-,33-,34?,35-/m1/s1. The van der Waals surface area contributed by atoms with Crippen LogP contribution in [0.25, 0.3) is 0 Å². The lowest BCUT2D eigenvalue weighted by Gasteiger charge is -2.45. The molecule has 6 nitrogen and oxygen atoms in total. The first kappa shape index (κ1) is 31.7. The molecule has 1 aliphatic rings. The van der Waals surface area contributed by atoms with Crippen molar-refractivity contribution in [1.82, 2.24) is 0 Å². The Hall–Kier alpha value is -2.76. The number of ether oxygens (including phenoxy) is 6. The lowest BCUT2D eigenvalue weighted by molar-refractivity contribution is -0.323. The zero-order valence-corrected chi connectivity index (χ0v) is 26.9. The number of benzene rings is 2. The fraction of sp³-hybridized carbons (Fsp3) is 0.314. The van der Waals surface area contributed by atoms with Crippen molar-refractivity contribution in [2.75, 3.05) is 13.7 Å². The Bertz CT molecular complexity index is 1370. The lowest BCUT2D eigenvalue weighted by atomic mass is 9.97. The van der Waals surface area contributed by atoms with E-state index >= 15 is 0 Å². The van der Waals surface area contributed by atoms with Crippen LogP contribution in [0.3, 0.4) is 0 Å². The van der Waals surface area contributed by atoms with Crippen molar-refractivity contribution in [3.8, 4) is 0 Å². The zero-order valence-electron chi connectivity index (χ0n) is 23.7. The molecule has 1 fully saturated rings. The molecule has 0 radical (unpaired) electrons. The number of halogens is 2. The van der Waals surface area contributed by atoms with Crippen LogP contribution >= 0.6 is 31.9 Å². The number of hydrogen-bond donors (Lipinski definition) is 0. The van der Waals surface area contributed by atoms with Gasteiger partial charge in [0, 0.05) is 28.8 Å². The minimum Gasteiger partial charge on any atom is -0.373 e. The third-order valence-electron chi connectivity index (χ3n) is 6.97. The number of methoxy groups -OCH3 is 1. The topological polar surface area (TPSA) is 55.4 Å². The van der Waals surface area contributed by atoms with Crippen LogP contribution in [0.15, 0.2) is 93.9 Å². The summed E-state index contributed by atoms with van der Waals surface area (Å²) < 4.78 is 39.9. The molecular weight excluding hydrogens is 676 g/mol. The first-order chi connectivity index (χ1) is 21.1. The predicted octanol–water partition coefficient (Wildman–Crippen LogP) is 7.06. The fourth-order valence-electron chi connectivity index (χ4n) is 4.76. The van der Waals surface area contributed by atoms with Gasteiger partial charge >= 0.3 is 0 Å². The highest BCUT2D eigenvalue weighted by Crippen LogP contribution is 2.31. The van der Waals surface area contributed by atoms with Crippen LogP contribution in [0.4, 0.5) is 0 Å². The van der Waals surface area contributed by atoms with Crippen LogP contribution in [0.5, 0.6) is 0 Å². The van der Waals surface area contributed by atoms with E-state index in [-0.39, 0.29) is 13.2 Å². The van der Waals surface area contributed by atoms with Gasteiger partial charge in [-0.2, -0.15) is 0 Å². The molecule has 1 heterocycles. The molecule has 8 heteroatoms. The molecule has 1 aliphatic heterocycles. The molecule has 0 aromatic heterocycles. The summed E-state index contributed by atoms with van der Waals surface area (Å²) in [5.41, 5.74) is 3.87. The molecule has 43 heavy (non-hydrogen) atoms. The molecule has 5 rings (SSSR count). The van der Waals surface area contributed by atoms with Crippen molar-refractivity contribution >= 4 is 31.9 Å². The molecular formula is C35H32Br2O6. The Balaban J connectivity index is 1.39. The highest BCUT2D eigenvalue weighted by Gasteiger charge is 2.48. The fourth-order valence-corrected chi connectivity index (χ4v) is 5.34. The molecule has 0 amide bonds. The van der Waals surface area contributed by atoms with E-state index in [1.165, 1.54) is 0 Å². The summed E-state index contributed by atoms with van der Waals surface area (Å²) in [6, 6.07) is 39.6. The molecule has 222 valence electrons. The largest absolute Gasteiger partial charge is 0.373 e. The maximum atomic E-state index is 6.63. The van der Waals surface area contributed by atoms with Gasteiger partial charge in [-0.25, -0.2) is 0 Å². The highest BCUT2D eigenvalue weighted by molar-refractivity contribution is 9.10. The van der Waals surface area contributed by atoms with Gasteiger partial charge in [0.15, 0.2) is 6.29 Å². The molecule has 4 aromatic carbocycles. The van der Waals surface area contributed by atoms with Gasteiger partial charge in [-0.1, -0.05) is 84.9 Å². The first-order valence-corrected chi connectivity index (χ1v) is 15.5. The maximum Gasteiger partial charge on any atom is 0.186 e. The van der Waals surface area contributed by atoms with E-state index in [4.69, 9.17) is 28.4 Å². The molecule has 0 saturated carbocycles. The number of rotatable bonds is 14. The summed E-state index contributed by atoms with van der Waals surface area (Å²) in [6.45, 7) is 1.61. The van der Waals surface area contributed by atoms with Gasteiger partial charge in [0.2, 0.25) is 0 Å². The summed E-state index contributed by atoms with van der Waals surface area (Å²) in [7, 11) is 1.60.